The third-order valence-corrected chi connectivity index (χ3v) is 10.4. The summed E-state index contributed by atoms with van der Waals surface area (Å²) in [5.41, 5.74) is -5.58. The Hall–Kier alpha value is -4.28. The number of fused-ring (bicyclic) bond motifs is 4. The number of hydrogen-bond donors (Lipinski definition) is 6. The maximum absolute atomic E-state index is 14.5. The number of allylic oxidation sites excluding steroid dienone is 2. The van der Waals surface area contributed by atoms with Gasteiger partial charge in [-0.3, -0.25) is 19.2 Å². The molecule has 0 heterocycles. The van der Waals surface area contributed by atoms with Crippen LogP contribution in [0.15, 0.2) is 35.4 Å². The van der Waals surface area contributed by atoms with E-state index < -0.39 is 104 Å². The Bertz CT molecular complexity index is 1680. The number of Topliss-reactive ketones (excluding diaryl/α,β-unsaturated/α-hetero) is 4. The van der Waals surface area contributed by atoms with Crippen LogP contribution in [0.5, 0.6) is 11.5 Å². The molecule has 0 radical (unpaired) electrons. The van der Waals surface area contributed by atoms with Crippen molar-refractivity contribution in [2.24, 2.45) is 34.5 Å². The molecule has 0 amide bonds. The average Bonchev–Trinajstić information content (AvgIpc) is 3.22. The fourth-order valence-corrected chi connectivity index (χ4v) is 9.51. The first-order valence-corrected chi connectivity index (χ1v) is 12.9. The van der Waals surface area contributed by atoms with Gasteiger partial charge in [-0.15, -0.1) is 0 Å². The van der Waals surface area contributed by atoms with Gasteiger partial charge in [-0.25, -0.2) is 0 Å². The first-order chi connectivity index (χ1) is 18.8. The molecule has 2 spiro atoms. The zero-order valence-electron chi connectivity index (χ0n) is 21.1. The molecule has 10 heteroatoms. The van der Waals surface area contributed by atoms with E-state index in [-0.39, 0.29) is 22.3 Å². The molecule has 4 fully saturated rings. The third-order valence-electron chi connectivity index (χ3n) is 10.4. The molecule has 0 saturated heterocycles. The number of benzene rings is 2. The van der Waals surface area contributed by atoms with Gasteiger partial charge in [0.1, 0.15) is 23.0 Å². The van der Waals surface area contributed by atoms with Crippen molar-refractivity contribution in [3.05, 3.63) is 68.8 Å². The summed E-state index contributed by atoms with van der Waals surface area (Å²) in [5, 5.41) is 67.8. The molecule has 2 aromatic rings. The number of aryl methyl sites for hydroxylation is 2. The number of ketones is 4. The van der Waals surface area contributed by atoms with E-state index in [0.29, 0.717) is 11.1 Å². The van der Waals surface area contributed by atoms with E-state index in [1.807, 2.05) is 0 Å². The second-order valence-corrected chi connectivity index (χ2v) is 12.0. The van der Waals surface area contributed by atoms with Crippen LogP contribution in [0.1, 0.15) is 43.0 Å². The van der Waals surface area contributed by atoms with Crippen molar-refractivity contribution in [1.29, 1.82) is 0 Å². The number of aliphatic hydroxyl groups excluding tert-OH is 4. The van der Waals surface area contributed by atoms with Gasteiger partial charge in [0.15, 0.2) is 23.1 Å². The van der Waals surface area contributed by atoms with Crippen LogP contribution in [-0.2, 0) is 9.59 Å². The van der Waals surface area contributed by atoms with Crippen LogP contribution in [0.3, 0.4) is 0 Å². The molecular weight excluding hydrogens is 520 g/mol. The summed E-state index contributed by atoms with van der Waals surface area (Å²) in [7, 11) is 0. The number of aliphatic hydroxyl groups is 4. The maximum atomic E-state index is 14.5. The topological polar surface area (TPSA) is 190 Å². The molecule has 6 aliphatic carbocycles. The SMILES string of the molecule is Cc1cc(O)c2c(c1)C(=O)[C@@]13C(=C2O)C(=O)[C@H]2[C@H](O)[C@@H]1[C@H]1[C@H](O)[C@H]3C(=O)C3=C(O)c4c(O)cc(C)cc4C(=O)[C@@]312. The molecule has 2 aromatic carbocycles. The van der Waals surface area contributed by atoms with Crippen LogP contribution in [0.25, 0.3) is 11.5 Å². The van der Waals surface area contributed by atoms with Gasteiger partial charge in [0, 0.05) is 23.0 Å². The van der Waals surface area contributed by atoms with Gasteiger partial charge < -0.3 is 30.6 Å². The Kier molecular flexibility index (Phi) is 3.86. The summed E-state index contributed by atoms with van der Waals surface area (Å²) in [5.74, 6) is -12.2. The highest BCUT2D eigenvalue weighted by molar-refractivity contribution is 6.30. The predicted molar refractivity (Wildman–Crippen MR) is 134 cm³/mol. The second-order valence-electron chi connectivity index (χ2n) is 12.0. The lowest BCUT2D eigenvalue weighted by atomic mass is 9.46. The van der Waals surface area contributed by atoms with E-state index in [2.05, 4.69) is 0 Å². The Morgan fingerprint density at radius 2 is 0.950 bits per heavy atom. The molecule has 6 aliphatic rings. The molecule has 6 N–H and O–H groups in total. The van der Waals surface area contributed by atoms with Crippen molar-refractivity contribution in [3.8, 4) is 11.5 Å². The number of rotatable bonds is 0. The largest absolute Gasteiger partial charge is 0.507 e. The average molecular weight is 542 g/mol. The lowest BCUT2D eigenvalue weighted by Crippen LogP contribution is -2.65. The molecule has 8 atom stereocenters. The molecule has 0 aromatic heterocycles. The van der Waals surface area contributed by atoms with E-state index in [4.69, 9.17) is 0 Å². The summed E-state index contributed by atoms with van der Waals surface area (Å²) in [6, 6.07) is 5.37. The minimum Gasteiger partial charge on any atom is -0.507 e. The van der Waals surface area contributed by atoms with Crippen molar-refractivity contribution in [3.63, 3.8) is 0 Å². The van der Waals surface area contributed by atoms with Crippen molar-refractivity contribution in [1.82, 2.24) is 0 Å². The zero-order chi connectivity index (χ0) is 28.5. The van der Waals surface area contributed by atoms with E-state index >= 15 is 0 Å². The summed E-state index contributed by atoms with van der Waals surface area (Å²) in [4.78, 5) is 57.9. The molecular formula is C30H22O10. The Morgan fingerprint density at radius 1 is 0.600 bits per heavy atom. The number of carbonyl (C=O) groups excluding carboxylic acids is 4. The number of carbonyl (C=O) groups is 4. The number of hydrogen-bond acceptors (Lipinski definition) is 10. The van der Waals surface area contributed by atoms with Gasteiger partial charge >= 0.3 is 0 Å². The highest BCUT2D eigenvalue weighted by Gasteiger charge is 2.89. The van der Waals surface area contributed by atoms with Crippen molar-refractivity contribution in [2.75, 3.05) is 0 Å². The quantitative estimate of drug-likeness (QED) is 0.286. The standard InChI is InChI=1S/C30H22O10/c1-7-3-9-13(11(31)5-7)21(33)17-25(37)20-23(35)15-16-24(36)19(29(15,17)27(9)39)26(38)18-22(34)14-10(28(40)30(16,18)20)4-8(2)6-12(14)32/h3-6,15-16,19-20,23-24,31-36H,1-2H3/t15-,16-,19-,20+,23+,24-,29+,30+/m0/s1. The van der Waals surface area contributed by atoms with E-state index in [1.54, 1.807) is 13.8 Å². The van der Waals surface area contributed by atoms with E-state index in [9.17, 15) is 49.8 Å². The highest BCUT2D eigenvalue weighted by Crippen LogP contribution is 2.80. The molecule has 40 heavy (non-hydrogen) atoms. The van der Waals surface area contributed by atoms with Gasteiger partial charge in [0.05, 0.1) is 57.1 Å². The normalized spacial score (nSPS) is 38.1. The first kappa shape index (κ1) is 23.6. The summed E-state index contributed by atoms with van der Waals surface area (Å²) < 4.78 is 0. The molecule has 4 bridgehead atoms. The van der Waals surface area contributed by atoms with Crippen LogP contribution < -0.4 is 0 Å². The number of phenols is 2. The minimum absolute atomic E-state index is 0.185. The van der Waals surface area contributed by atoms with Crippen LogP contribution in [0.2, 0.25) is 0 Å². The van der Waals surface area contributed by atoms with Gasteiger partial charge in [-0.1, -0.05) is 0 Å². The molecule has 10 nitrogen and oxygen atoms in total. The fraction of sp³-hybridized carbons (Fsp3) is 0.333. The minimum atomic E-state index is -2.25. The van der Waals surface area contributed by atoms with Gasteiger partial charge in [0.25, 0.3) is 0 Å². The van der Waals surface area contributed by atoms with Crippen molar-refractivity contribution in [2.45, 2.75) is 26.1 Å². The lowest BCUT2D eigenvalue weighted by molar-refractivity contribution is -0.142. The van der Waals surface area contributed by atoms with Crippen LogP contribution in [-0.4, -0.2) is 66.0 Å². The first-order valence-electron chi connectivity index (χ1n) is 12.9. The van der Waals surface area contributed by atoms with Crippen molar-refractivity contribution >= 4 is 34.7 Å². The van der Waals surface area contributed by atoms with Gasteiger partial charge in [-0.2, -0.15) is 0 Å². The lowest BCUT2D eigenvalue weighted by Gasteiger charge is -2.53. The fourth-order valence-electron chi connectivity index (χ4n) is 9.51. The molecule has 202 valence electrons. The third kappa shape index (κ3) is 1.96. The summed E-state index contributed by atoms with van der Waals surface area (Å²) >= 11 is 0. The molecule has 8 rings (SSSR count). The van der Waals surface area contributed by atoms with Crippen LogP contribution in [0, 0.1) is 48.3 Å². The van der Waals surface area contributed by atoms with E-state index in [1.165, 1.54) is 24.3 Å². The molecule has 0 aliphatic heterocycles. The number of phenolic OH excluding ortho intramolecular Hbond substituents is 2. The molecule has 0 unspecified atom stereocenters. The highest BCUT2D eigenvalue weighted by atomic mass is 16.3. The molecule has 4 saturated carbocycles. The monoisotopic (exact) mass is 542 g/mol. The predicted octanol–water partition coefficient (Wildman–Crippen LogP) is 1.70. The Labute approximate surface area is 225 Å². The number of aromatic hydroxyl groups is 2. The summed E-state index contributed by atoms with van der Waals surface area (Å²) in [6.45, 7) is 3.19. The summed E-state index contributed by atoms with van der Waals surface area (Å²) in [6.07, 6.45) is -3.37. The maximum Gasteiger partial charge on any atom is 0.175 e. The Balaban J connectivity index is 1.55. The van der Waals surface area contributed by atoms with Gasteiger partial charge in [0.2, 0.25) is 0 Å². The van der Waals surface area contributed by atoms with Crippen LogP contribution >= 0.6 is 0 Å². The van der Waals surface area contributed by atoms with Crippen LogP contribution in [0.4, 0.5) is 0 Å². The Morgan fingerprint density at radius 3 is 1.30 bits per heavy atom. The van der Waals surface area contributed by atoms with Crippen molar-refractivity contribution < 1.29 is 49.8 Å². The van der Waals surface area contributed by atoms with Gasteiger partial charge in [-0.05, 0) is 49.2 Å². The second kappa shape index (κ2) is 6.54. The van der Waals surface area contributed by atoms with E-state index in [0.717, 1.165) is 0 Å². The zero-order valence-corrected chi connectivity index (χ0v) is 21.1. The smallest absolute Gasteiger partial charge is 0.175 e.